The van der Waals surface area contributed by atoms with Crippen LogP contribution in [0.4, 0.5) is 0 Å². The zero-order valence-electron chi connectivity index (χ0n) is 29.8. The van der Waals surface area contributed by atoms with Crippen LogP contribution in [0.5, 0.6) is 23.0 Å². The van der Waals surface area contributed by atoms with Crippen molar-refractivity contribution < 1.29 is 33.2 Å². The first kappa shape index (κ1) is 42.9. The van der Waals surface area contributed by atoms with Crippen molar-refractivity contribution in [1.29, 1.82) is 0 Å². The molecule has 4 rings (SSSR count). The van der Waals surface area contributed by atoms with Gasteiger partial charge in [0.05, 0.1) is 30.7 Å². The zero-order chi connectivity index (χ0) is 37.0. The Bertz CT molecular complexity index is 1640. The quantitative estimate of drug-likeness (QED) is 0.0224. The molecule has 0 saturated heterocycles. The third-order valence-corrected chi connectivity index (χ3v) is 10.2. The van der Waals surface area contributed by atoms with Gasteiger partial charge in [0.2, 0.25) is 0 Å². The second-order valence-electron chi connectivity index (χ2n) is 11.1. The lowest BCUT2D eigenvalue weighted by Crippen LogP contribution is -2.18. The van der Waals surface area contributed by atoms with Crippen molar-refractivity contribution in [2.24, 2.45) is 11.8 Å². The van der Waals surface area contributed by atoms with Crippen LogP contribution in [0.3, 0.4) is 0 Å². The minimum atomic E-state index is 0.0735. The molecule has 11 nitrogen and oxygen atoms in total. The van der Waals surface area contributed by atoms with Gasteiger partial charge in [0.15, 0.2) is 0 Å². The van der Waals surface area contributed by atoms with Crippen LogP contribution in [0, 0.1) is 13.8 Å². The number of hydrogen-bond donors (Lipinski definition) is 4. The van der Waals surface area contributed by atoms with Crippen LogP contribution >= 0.6 is 47.6 Å². The van der Waals surface area contributed by atoms with Gasteiger partial charge in [-0.2, -0.15) is 11.8 Å². The fourth-order valence-corrected chi connectivity index (χ4v) is 6.96. The van der Waals surface area contributed by atoms with Crippen LogP contribution in [0.2, 0.25) is 0 Å². The minimum Gasteiger partial charge on any atom is -0.457 e. The molecule has 0 aromatic heterocycles. The van der Waals surface area contributed by atoms with Crippen molar-refractivity contribution in [3.05, 3.63) is 95.1 Å². The molecule has 0 aliphatic carbocycles. The predicted molar refractivity (Wildman–Crippen MR) is 209 cm³/mol. The van der Waals surface area contributed by atoms with Crippen molar-refractivity contribution in [3.63, 3.8) is 0 Å². The van der Waals surface area contributed by atoms with Gasteiger partial charge in [-0.25, -0.2) is 0 Å². The Morgan fingerprint density at radius 2 is 1.24 bits per heavy atom. The molecule has 0 amide bonds. The second kappa shape index (κ2) is 24.0. The Kier molecular flexibility index (Phi) is 20.2. The smallest absolute Gasteiger partial charge is 0.132 e. The molecule has 4 aromatic carbocycles. The van der Waals surface area contributed by atoms with Gasteiger partial charge in [-0.05, 0) is 130 Å². The van der Waals surface area contributed by atoms with E-state index in [1.165, 1.54) is 20.9 Å². The van der Waals surface area contributed by atoms with E-state index in [2.05, 4.69) is 78.7 Å². The summed E-state index contributed by atoms with van der Waals surface area (Å²) in [7, 11) is 2.10. The Balaban J connectivity index is 0.000000276. The zero-order valence-corrected chi connectivity index (χ0v) is 33.1. The van der Waals surface area contributed by atoms with Crippen molar-refractivity contribution >= 4 is 47.6 Å². The van der Waals surface area contributed by atoms with E-state index < -0.39 is 0 Å². The number of nitrogens with two attached hydrogens (primary N) is 2. The van der Waals surface area contributed by atoms with Crippen LogP contribution in [-0.2, 0) is 31.7 Å². The molecule has 51 heavy (non-hydrogen) atoms. The molecule has 6 N–H and O–H groups in total. The van der Waals surface area contributed by atoms with Crippen LogP contribution in [-0.4, -0.2) is 49.3 Å². The number of nitrogens with zero attached hydrogens (tertiary/aromatic N) is 1. The Morgan fingerprint density at radius 3 is 1.69 bits per heavy atom. The van der Waals surface area contributed by atoms with Gasteiger partial charge in [-0.3, -0.25) is 0 Å². The topological polar surface area (TPSA) is 143 Å². The summed E-state index contributed by atoms with van der Waals surface area (Å²) in [6.45, 7) is 9.25. The molecule has 0 unspecified atom stereocenters. The van der Waals surface area contributed by atoms with E-state index in [1.54, 1.807) is 23.5 Å². The van der Waals surface area contributed by atoms with Gasteiger partial charge in [0.1, 0.15) is 23.0 Å². The average molecular weight is 777 g/mol. The fourth-order valence-electron chi connectivity index (χ4n) is 4.93. The number of aliphatic hydroxyl groups excluding tert-OH is 1. The van der Waals surface area contributed by atoms with E-state index in [4.69, 9.17) is 35.0 Å². The number of hydrogen-bond acceptors (Lipinski definition) is 15. The molecule has 0 saturated carbocycles. The molecule has 278 valence electrons. The highest BCUT2D eigenvalue weighted by atomic mass is 32.2. The summed E-state index contributed by atoms with van der Waals surface area (Å²) < 4.78 is 21.7. The van der Waals surface area contributed by atoms with E-state index in [0.29, 0.717) is 13.1 Å². The molecule has 0 radical (unpaired) electrons. The third-order valence-electron chi connectivity index (χ3n) is 7.24. The van der Waals surface area contributed by atoms with Crippen LogP contribution in [0.25, 0.3) is 0 Å². The molecule has 0 atom stereocenters. The molecule has 0 heterocycles. The van der Waals surface area contributed by atoms with Crippen molar-refractivity contribution in [2.75, 3.05) is 39.3 Å². The van der Waals surface area contributed by atoms with E-state index in [-0.39, 0.29) is 6.61 Å². The maximum atomic E-state index is 8.95. The number of aliphatic hydroxyl groups is 1. The maximum absolute atomic E-state index is 8.95. The molecular formula is C36H48N4O7S4. The molecule has 0 bridgehead atoms. The first-order chi connectivity index (χ1) is 24.7. The summed E-state index contributed by atoms with van der Waals surface area (Å²) in [5.74, 6) is 13.0. The molecule has 15 heteroatoms. The molecule has 0 aliphatic heterocycles. The van der Waals surface area contributed by atoms with E-state index in [1.807, 2.05) is 54.6 Å². The number of aryl methyl sites for hydroxylation is 2. The van der Waals surface area contributed by atoms with Gasteiger partial charge < -0.3 is 24.8 Å². The normalized spacial score (nSPS) is 11.0. The number of nitrogens with one attached hydrogen (secondary N) is 1. The summed E-state index contributed by atoms with van der Waals surface area (Å²) in [5.41, 5.74) is 4.40. The molecule has 4 aromatic rings. The van der Waals surface area contributed by atoms with Crippen LogP contribution < -0.4 is 26.6 Å². The monoisotopic (exact) mass is 776 g/mol. The summed E-state index contributed by atoms with van der Waals surface area (Å²) in [4.78, 5) is 14.8. The van der Waals surface area contributed by atoms with E-state index in [9.17, 15) is 0 Å². The highest BCUT2D eigenvalue weighted by molar-refractivity contribution is 7.99. The van der Waals surface area contributed by atoms with Gasteiger partial charge in [-0.1, -0.05) is 6.92 Å². The number of ether oxygens (including phenoxy) is 2. The van der Waals surface area contributed by atoms with Crippen LogP contribution in [0.15, 0.2) is 92.4 Å². The lowest BCUT2D eigenvalue weighted by molar-refractivity contribution is -0.195. The summed E-state index contributed by atoms with van der Waals surface area (Å²) in [6, 6.07) is 23.8. The van der Waals surface area contributed by atoms with Crippen molar-refractivity contribution in [2.45, 2.75) is 59.9 Å². The Labute approximate surface area is 318 Å². The Hall–Kier alpha value is -2.48. The summed E-state index contributed by atoms with van der Waals surface area (Å²) >= 11 is 5.53. The largest absolute Gasteiger partial charge is 0.457 e. The number of thioether (sulfide) groups is 2. The Morgan fingerprint density at radius 1 is 0.725 bits per heavy atom. The van der Waals surface area contributed by atoms with Gasteiger partial charge in [0, 0.05) is 50.3 Å². The molecule has 0 spiro atoms. The number of rotatable bonds is 20. The molecular weight excluding hydrogens is 729 g/mol. The minimum absolute atomic E-state index is 0.0735. The van der Waals surface area contributed by atoms with Crippen molar-refractivity contribution in [3.8, 4) is 23.0 Å². The van der Waals surface area contributed by atoms with E-state index >= 15 is 0 Å². The molecule has 0 aliphatic rings. The lowest BCUT2D eigenvalue weighted by Gasteiger charge is -2.19. The van der Waals surface area contributed by atoms with Crippen molar-refractivity contribution in [1.82, 2.24) is 10.2 Å². The second-order valence-corrected chi connectivity index (χ2v) is 14.4. The standard InChI is InChI=1S/C19H26N2O3S2.C17H22N2O4S2/c1-5-10-21(3)13-15-12-17(26-24-23-20)7-8-18(15)22-16-6-9-19(25-4)14(2)11-16;1-12-9-14(3-6-17(12)24-2)21-16-5-4-15(25-23-22-18)10-13(16)11-19-7-8-20/h6-9,11-12H,5,10,13,20H2,1-4H3;3-6,9-10,19-20H,7-8,11,18H2,1-2H3. The van der Waals surface area contributed by atoms with E-state index in [0.717, 1.165) is 87.5 Å². The average Bonchev–Trinajstić information content (AvgIpc) is 3.12. The summed E-state index contributed by atoms with van der Waals surface area (Å²) in [5, 5.41) is 12.1. The van der Waals surface area contributed by atoms with Gasteiger partial charge in [0.25, 0.3) is 0 Å². The highest BCUT2D eigenvalue weighted by Gasteiger charge is 2.12. The fraction of sp³-hybridized carbons (Fsp3) is 0.333. The SMILES string of the molecule is CCCN(C)Cc1cc(SOON)ccc1Oc1ccc(SC)c(C)c1.CSc1ccc(Oc2ccc(SOON)cc2CNCCO)cc1C. The van der Waals surface area contributed by atoms with Crippen LogP contribution in [0.1, 0.15) is 35.6 Å². The lowest BCUT2D eigenvalue weighted by atomic mass is 10.1. The maximum Gasteiger partial charge on any atom is 0.132 e. The first-order valence-corrected chi connectivity index (χ1v) is 20.0. The van der Waals surface area contributed by atoms with Gasteiger partial charge >= 0.3 is 0 Å². The first-order valence-electron chi connectivity index (χ1n) is 16.1. The highest BCUT2D eigenvalue weighted by Crippen LogP contribution is 2.34. The number of benzene rings is 4. The van der Waals surface area contributed by atoms with Gasteiger partial charge in [-0.15, -0.1) is 42.2 Å². The summed E-state index contributed by atoms with van der Waals surface area (Å²) in [6.07, 6.45) is 5.23. The predicted octanol–water partition coefficient (Wildman–Crippen LogP) is 8.60. The molecule has 0 fully saturated rings. The third kappa shape index (κ3) is 14.8.